The van der Waals surface area contributed by atoms with Gasteiger partial charge in [-0.25, -0.2) is 8.42 Å². The second-order valence-corrected chi connectivity index (χ2v) is 10.1. The lowest BCUT2D eigenvalue weighted by Gasteiger charge is -2.33. The van der Waals surface area contributed by atoms with Gasteiger partial charge < -0.3 is 23.8 Å². The zero-order chi connectivity index (χ0) is 24.5. The van der Waals surface area contributed by atoms with Gasteiger partial charge in [-0.15, -0.1) is 0 Å². The van der Waals surface area contributed by atoms with E-state index in [-0.39, 0.29) is 23.1 Å². The number of benzene rings is 2. The fourth-order valence-electron chi connectivity index (χ4n) is 4.67. The summed E-state index contributed by atoms with van der Waals surface area (Å²) in [6.07, 6.45) is 1.74. The summed E-state index contributed by atoms with van der Waals surface area (Å²) in [5.74, 6) is 1.68. The summed E-state index contributed by atoms with van der Waals surface area (Å²) in [5.41, 5.74) is 2.07. The molecule has 0 N–H and O–H groups in total. The minimum atomic E-state index is -3.98. The zero-order valence-corrected chi connectivity index (χ0v) is 20.7. The molecule has 2 aromatic carbocycles. The Labute approximate surface area is 200 Å². The lowest BCUT2D eigenvalue weighted by Crippen LogP contribution is -2.49. The van der Waals surface area contributed by atoms with Crippen molar-refractivity contribution in [3.63, 3.8) is 0 Å². The van der Waals surface area contributed by atoms with Gasteiger partial charge in [0.2, 0.25) is 15.9 Å². The van der Waals surface area contributed by atoms with Crippen LogP contribution in [0.3, 0.4) is 0 Å². The van der Waals surface area contributed by atoms with Crippen molar-refractivity contribution in [2.24, 2.45) is 0 Å². The maximum Gasteiger partial charge on any atom is 0.247 e. The molecule has 0 aliphatic carbocycles. The molecule has 2 aliphatic heterocycles. The third kappa shape index (κ3) is 4.27. The summed E-state index contributed by atoms with van der Waals surface area (Å²) < 4.78 is 49.9. The Bertz CT molecular complexity index is 1180. The van der Waals surface area contributed by atoms with E-state index in [1.54, 1.807) is 31.3 Å². The third-order valence-electron chi connectivity index (χ3n) is 6.48. The van der Waals surface area contributed by atoms with Crippen LogP contribution < -0.4 is 18.9 Å². The van der Waals surface area contributed by atoms with E-state index in [9.17, 15) is 13.2 Å². The van der Waals surface area contributed by atoms with Gasteiger partial charge in [-0.2, -0.15) is 4.31 Å². The lowest BCUT2D eigenvalue weighted by atomic mass is 9.98. The van der Waals surface area contributed by atoms with Gasteiger partial charge >= 0.3 is 0 Å². The Hall–Kier alpha value is -2.98. The van der Waals surface area contributed by atoms with E-state index in [1.165, 1.54) is 24.6 Å². The number of carbonyl (C=O) groups is 1. The van der Waals surface area contributed by atoms with Crippen molar-refractivity contribution < 1.29 is 32.2 Å². The van der Waals surface area contributed by atoms with Crippen molar-refractivity contribution in [1.29, 1.82) is 0 Å². The van der Waals surface area contributed by atoms with Gasteiger partial charge in [-0.05, 0) is 54.7 Å². The topological polar surface area (TPSA) is 94.6 Å². The molecule has 184 valence electrons. The summed E-state index contributed by atoms with van der Waals surface area (Å²) in [4.78, 5) is 15.3. The molecule has 4 rings (SSSR count). The SMILES string of the molecule is COc1ccc(OC)c(S(=O)(=O)N2CCCC2C(=O)N2CCc3cc(OC)c(OC)cc3C2)c1. The summed E-state index contributed by atoms with van der Waals surface area (Å²) in [7, 11) is 2.07. The predicted molar refractivity (Wildman–Crippen MR) is 125 cm³/mol. The number of nitrogens with zero attached hydrogens (tertiary/aromatic N) is 2. The van der Waals surface area contributed by atoms with E-state index in [0.29, 0.717) is 49.6 Å². The number of carbonyl (C=O) groups excluding carboxylic acids is 1. The molecule has 9 nitrogen and oxygen atoms in total. The second-order valence-electron chi connectivity index (χ2n) is 8.28. The van der Waals surface area contributed by atoms with Gasteiger partial charge in [0, 0.05) is 25.7 Å². The number of amides is 1. The largest absolute Gasteiger partial charge is 0.497 e. The summed E-state index contributed by atoms with van der Waals surface area (Å²) >= 11 is 0. The van der Waals surface area contributed by atoms with Gasteiger partial charge in [0.25, 0.3) is 0 Å². The van der Waals surface area contributed by atoms with Gasteiger partial charge in [-0.1, -0.05) is 0 Å². The van der Waals surface area contributed by atoms with Gasteiger partial charge in [0.05, 0.1) is 28.4 Å². The molecule has 1 atom stereocenters. The van der Waals surface area contributed by atoms with E-state index < -0.39 is 16.1 Å². The monoisotopic (exact) mass is 490 g/mol. The molecule has 34 heavy (non-hydrogen) atoms. The minimum Gasteiger partial charge on any atom is -0.497 e. The number of ether oxygens (including phenoxy) is 4. The molecule has 1 unspecified atom stereocenters. The average molecular weight is 491 g/mol. The van der Waals surface area contributed by atoms with E-state index in [4.69, 9.17) is 18.9 Å². The number of methoxy groups -OCH3 is 4. The second kappa shape index (κ2) is 9.71. The number of rotatable bonds is 7. The quantitative estimate of drug-likeness (QED) is 0.588. The first-order chi connectivity index (χ1) is 16.3. The van der Waals surface area contributed by atoms with Crippen LogP contribution >= 0.6 is 0 Å². The van der Waals surface area contributed by atoms with Crippen molar-refractivity contribution in [3.8, 4) is 23.0 Å². The molecule has 0 spiro atoms. The minimum absolute atomic E-state index is 0.00475. The highest BCUT2D eigenvalue weighted by molar-refractivity contribution is 7.89. The first kappa shape index (κ1) is 24.2. The van der Waals surface area contributed by atoms with Crippen molar-refractivity contribution in [2.45, 2.75) is 36.7 Å². The van der Waals surface area contributed by atoms with E-state index in [0.717, 1.165) is 11.1 Å². The van der Waals surface area contributed by atoms with E-state index >= 15 is 0 Å². The Morgan fingerprint density at radius 2 is 1.56 bits per heavy atom. The summed E-state index contributed by atoms with van der Waals surface area (Å²) in [6, 6.07) is 7.70. The average Bonchev–Trinajstić information content (AvgIpc) is 3.37. The van der Waals surface area contributed by atoms with E-state index in [2.05, 4.69) is 0 Å². The highest BCUT2D eigenvalue weighted by atomic mass is 32.2. The van der Waals surface area contributed by atoms with Gasteiger partial charge in [-0.3, -0.25) is 4.79 Å². The Balaban J connectivity index is 1.60. The van der Waals surface area contributed by atoms with Crippen LogP contribution in [0.25, 0.3) is 0 Å². The molecule has 0 bridgehead atoms. The molecular formula is C24H30N2O7S. The summed E-state index contributed by atoms with van der Waals surface area (Å²) in [5, 5.41) is 0. The number of hydrogen-bond acceptors (Lipinski definition) is 7. The molecular weight excluding hydrogens is 460 g/mol. The predicted octanol–water partition coefficient (Wildman–Crippen LogP) is 2.46. The van der Waals surface area contributed by atoms with Crippen LogP contribution in [0.1, 0.15) is 24.0 Å². The van der Waals surface area contributed by atoms with Gasteiger partial charge in [0.1, 0.15) is 22.4 Å². The number of sulfonamides is 1. The van der Waals surface area contributed by atoms with Gasteiger partial charge in [0.15, 0.2) is 11.5 Å². The third-order valence-corrected chi connectivity index (χ3v) is 8.41. The smallest absolute Gasteiger partial charge is 0.247 e. The standard InChI is InChI=1S/C24H30N2O7S/c1-30-18-7-8-20(31-2)23(14-18)34(28,29)26-10-5-6-19(26)24(27)25-11-9-16-12-21(32-3)22(33-4)13-17(16)15-25/h7-8,12-14,19H,5-6,9-11,15H2,1-4H3. The molecule has 2 aromatic rings. The van der Waals surface area contributed by atoms with Crippen molar-refractivity contribution in [2.75, 3.05) is 41.5 Å². The Morgan fingerprint density at radius 3 is 2.21 bits per heavy atom. The van der Waals surface area contributed by atoms with Crippen LogP contribution in [0.4, 0.5) is 0 Å². The highest BCUT2D eigenvalue weighted by Crippen LogP contribution is 2.36. The van der Waals surface area contributed by atoms with Crippen LogP contribution in [0.5, 0.6) is 23.0 Å². The van der Waals surface area contributed by atoms with Crippen molar-refractivity contribution in [1.82, 2.24) is 9.21 Å². The van der Waals surface area contributed by atoms with E-state index in [1.807, 2.05) is 12.1 Å². The van der Waals surface area contributed by atoms with Crippen LogP contribution in [0.15, 0.2) is 35.2 Å². The molecule has 1 fully saturated rings. The molecule has 2 heterocycles. The Kier molecular flexibility index (Phi) is 6.90. The zero-order valence-electron chi connectivity index (χ0n) is 19.9. The fraction of sp³-hybridized carbons (Fsp3) is 0.458. The first-order valence-corrected chi connectivity index (χ1v) is 12.5. The molecule has 0 aromatic heterocycles. The number of fused-ring (bicyclic) bond motifs is 1. The van der Waals surface area contributed by atoms with Crippen LogP contribution in [0, 0.1) is 0 Å². The van der Waals surface area contributed by atoms with Crippen LogP contribution in [-0.2, 0) is 27.8 Å². The molecule has 2 aliphatic rings. The Morgan fingerprint density at radius 1 is 0.882 bits per heavy atom. The molecule has 0 radical (unpaired) electrons. The fourth-order valence-corrected chi connectivity index (χ4v) is 6.49. The molecule has 0 saturated carbocycles. The normalized spacial score (nSPS) is 18.4. The van der Waals surface area contributed by atoms with Crippen LogP contribution in [0.2, 0.25) is 0 Å². The maximum atomic E-state index is 13.6. The molecule has 10 heteroatoms. The molecule has 1 saturated heterocycles. The first-order valence-electron chi connectivity index (χ1n) is 11.1. The highest BCUT2D eigenvalue weighted by Gasteiger charge is 2.42. The molecule has 1 amide bonds. The lowest BCUT2D eigenvalue weighted by molar-refractivity contribution is -0.135. The summed E-state index contributed by atoms with van der Waals surface area (Å²) in [6.45, 7) is 1.17. The van der Waals surface area contributed by atoms with Crippen LogP contribution in [-0.4, -0.2) is 71.1 Å². The number of hydrogen-bond donors (Lipinski definition) is 0. The maximum absolute atomic E-state index is 13.6. The van der Waals surface area contributed by atoms with Crippen molar-refractivity contribution in [3.05, 3.63) is 41.5 Å². The van der Waals surface area contributed by atoms with Crippen molar-refractivity contribution >= 4 is 15.9 Å².